The maximum Gasteiger partial charge on any atom is 0.272 e. The van der Waals surface area contributed by atoms with Crippen LogP contribution in [0.1, 0.15) is 36.7 Å². The summed E-state index contributed by atoms with van der Waals surface area (Å²) in [7, 11) is 0. The van der Waals surface area contributed by atoms with E-state index in [1.54, 1.807) is 19.1 Å². The zero-order valence-corrected chi connectivity index (χ0v) is 12.5. The predicted octanol–water partition coefficient (Wildman–Crippen LogP) is 1.95. The number of aromatic nitrogens is 3. The van der Waals surface area contributed by atoms with Gasteiger partial charge < -0.3 is 5.32 Å². The molecule has 0 fully saturated rings. The molecule has 0 aliphatic heterocycles. The second kappa shape index (κ2) is 5.47. The van der Waals surface area contributed by atoms with Gasteiger partial charge in [0.2, 0.25) is 0 Å². The molecular weight excluding hydrogens is 268 g/mol. The SMILES string of the molecule is Cc1c(NC(=O)c2ccncc2)cnn(C(C)(C)C)c1=O. The van der Waals surface area contributed by atoms with Gasteiger partial charge in [0.1, 0.15) is 0 Å². The van der Waals surface area contributed by atoms with Crippen LogP contribution in [0.15, 0.2) is 35.5 Å². The summed E-state index contributed by atoms with van der Waals surface area (Å²) in [5, 5.41) is 6.84. The molecule has 0 spiro atoms. The van der Waals surface area contributed by atoms with E-state index in [0.29, 0.717) is 16.8 Å². The van der Waals surface area contributed by atoms with Crippen molar-refractivity contribution in [3.05, 3.63) is 52.2 Å². The van der Waals surface area contributed by atoms with E-state index in [1.165, 1.54) is 23.3 Å². The third-order valence-corrected chi connectivity index (χ3v) is 3.05. The standard InChI is InChI=1S/C15H18N4O2/c1-10-12(9-17-19(14(10)21)15(2,3)4)18-13(20)11-5-7-16-8-6-11/h5-9H,1-4H3,(H,18,20). The number of nitrogens with zero attached hydrogens (tertiary/aromatic N) is 3. The first-order valence-corrected chi connectivity index (χ1v) is 6.61. The van der Waals surface area contributed by atoms with E-state index in [9.17, 15) is 9.59 Å². The minimum Gasteiger partial charge on any atom is -0.320 e. The van der Waals surface area contributed by atoms with Crippen LogP contribution in [-0.4, -0.2) is 20.7 Å². The van der Waals surface area contributed by atoms with Gasteiger partial charge in [-0.1, -0.05) is 0 Å². The first-order chi connectivity index (χ1) is 9.80. The second-order valence-corrected chi connectivity index (χ2v) is 5.76. The minimum absolute atomic E-state index is 0.213. The molecule has 6 heteroatoms. The van der Waals surface area contributed by atoms with E-state index in [1.807, 2.05) is 20.8 Å². The molecule has 0 saturated carbocycles. The molecule has 2 heterocycles. The van der Waals surface area contributed by atoms with Crippen molar-refractivity contribution in [2.75, 3.05) is 5.32 Å². The Balaban J connectivity index is 2.33. The number of rotatable bonds is 2. The van der Waals surface area contributed by atoms with Gasteiger partial charge in [0.15, 0.2) is 0 Å². The van der Waals surface area contributed by atoms with Gasteiger partial charge >= 0.3 is 0 Å². The molecule has 1 N–H and O–H groups in total. The third-order valence-electron chi connectivity index (χ3n) is 3.05. The van der Waals surface area contributed by atoms with Crippen molar-refractivity contribution in [3.63, 3.8) is 0 Å². The largest absolute Gasteiger partial charge is 0.320 e. The van der Waals surface area contributed by atoms with Crippen molar-refractivity contribution in [3.8, 4) is 0 Å². The van der Waals surface area contributed by atoms with E-state index in [0.717, 1.165) is 0 Å². The van der Waals surface area contributed by atoms with Gasteiger partial charge in [-0.05, 0) is 39.8 Å². The molecule has 6 nitrogen and oxygen atoms in total. The Morgan fingerprint density at radius 2 is 1.86 bits per heavy atom. The fourth-order valence-corrected chi connectivity index (χ4v) is 1.84. The van der Waals surface area contributed by atoms with E-state index in [2.05, 4.69) is 15.4 Å². The molecule has 21 heavy (non-hydrogen) atoms. The summed E-state index contributed by atoms with van der Waals surface area (Å²) in [6.45, 7) is 7.37. The molecule has 1 amide bonds. The fraction of sp³-hybridized carbons (Fsp3) is 0.333. The molecule has 110 valence electrons. The van der Waals surface area contributed by atoms with Crippen LogP contribution in [0.5, 0.6) is 0 Å². The van der Waals surface area contributed by atoms with Crippen LogP contribution >= 0.6 is 0 Å². The number of hydrogen-bond acceptors (Lipinski definition) is 4. The molecule has 2 aromatic heterocycles. The van der Waals surface area contributed by atoms with Gasteiger partial charge in [0.25, 0.3) is 11.5 Å². The number of anilines is 1. The zero-order valence-electron chi connectivity index (χ0n) is 12.5. The molecule has 0 atom stereocenters. The minimum atomic E-state index is -0.407. The molecule has 0 saturated heterocycles. The lowest BCUT2D eigenvalue weighted by molar-refractivity contribution is 0.102. The van der Waals surface area contributed by atoms with Crippen molar-refractivity contribution >= 4 is 11.6 Å². The van der Waals surface area contributed by atoms with Gasteiger partial charge in [0, 0.05) is 23.5 Å². The lowest BCUT2D eigenvalue weighted by atomic mass is 10.1. The topological polar surface area (TPSA) is 76.9 Å². The van der Waals surface area contributed by atoms with Gasteiger partial charge in [-0.3, -0.25) is 14.6 Å². The molecule has 2 aromatic rings. The lowest BCUT2D eigenvalue weighted by Gasteiger charge is -2.21. The Morgan fingerprint density at radius 1 is 1.24 bits per heavy atom. The Labute approximate surface area is 122 Å². The molecule has 0 radical (unpaired) electrons. The zero-order chi connectivity index (χ0) is 15.6. The van der Waals surface area contributed by atoms with Crippen molar-refractivity contribution in [1.82, 2.24) is 14.8 Å². The average Bonchev–Trinajstić information content (AvgIpc) is 2.43. The lowest BCUT2D eigenvalue weighted by Crippen LogP contribution is -2.37. The van der Waals surface area contributed by atoms with E-state index in [-0.39, 0.29) is 11.5 Å². The van der Waals surface area contributed by atoms with Crippen molar-refractivity contribution in [2.45, 2.75) is 33.2 Å². The van der Waals surface area contributed by atoms with Crippen molar-refractivity contribution < 1.29 is 4.79 Å². The summed E-state index contributed by atoms with van der Waals surface area (Å²) >= 11 is 0. The summed E-state index contributed by atoms with van der Waals surface area (Å²) < 4.78 is 1.41. The second-order valence-electron chi connectivity index (χ2n) is 5.76. The Bertz CT molecular complexity index is 715. The van der Waals surface area contributed by atoms with E-state index in [4.69, 9.17) is 0 Å². The maximum atomic E-state index is 12.3. The van der Waals surface area contributed by atoms with Gasteiger partial charge in [-0.25, -0.2) is 4.68 Å². The normalized spacial score (nSPS) is 11.2. The third kappa shape index (κ3) is 3.16. The summed E-state index contributed by atoms with van der Waals surface area (Å²) in [6.07, 6.45) is 4.58. The van der Waals surface area contributed by atoms with E-state index >= 15 is 0 Å². The number of amides is 1. The summed E-state index contributed by atoms with van der Waals surface area (Å²) in [5.74, 6) is -0.296. The summed E-state index contributed by atoms with van der Waals surface area (Å²) in [6, 6.07) is 3.21. The molecular formula is C15H18N4O2. The van der Waals surface area contributed by atoms with Gasteiger partial charge in [-0.15, -0.1) is 0 Å². The van der Waals surface area contributed by atoms with Crippen LogP contribution in [0.4, 0.5) is 5.69 Å². The highest BCUT2D eigenvalue weighted by atomic mass is 16.2. The molecule has 0 aliphatic carbocycles. The fourth-order valence-electron chi connectivity index (χ4n) is 1.84. The quantitative estimate of drug-likeness (QED) is 0.915. The Kier molecular flexibility index (Phi) is 3.88. The van der Waals surface area contributed by atoms with Gasteiger partial charge in [0.05, 0.1) is 17.4 Å². The molecule has 2 rings (SSSR count). The van der Waals surface area contributed by atoms with Crippen molar-refractivity contribution in [2.24, 2.45) is 0 Å². The van der Waals surface area contributed by atoms with Crippen LogP contribution < -0.4 is 10.9 Å². The average molecular weight is 286 g/mol. The van der Waals surface area contributed by atoms with E-state index < -0.39 is 5.54 Å². The van der Waals surface area contributed by atoms with Crippen LogP contribution in [0, 0.1) is 6.92 Å². The highest BCUT2D eigenvalue weighted by molar-refractivity contribution is 6.04. The first kappa shape index (κ1) is 14.9. The first-order valence-electron chi connectivity index (χ1n) is 6.61. The Morgan fingerprint density at radius 3 is 2.43 bits per heavy atom. The van der Waals surface area contributed by atoms with Crippen LogP contribution in [0.3, 0.4) is 0 Å². The van der Waals surface area contributed by atoms with Crippen LogP contribution in [0.25, 0.3) is 0 Å². The summed E-state index contributed by atoms with van der Waals surface area (Å²) in [4.78, 5) is 28.2. The predicted molar refractivity (Wildman–Crippen MR) is 80.4 cm³/mol. The van der Waals surface area contributed by atoms with Crippen LogP contribution in [0.2, 0.25) is 0 Å². The monoisotopic (exact) mass is 286 g/mol. The van der Waals surface area contributed by atoms with Crippen molar-refractivity contribution in [1.29, 1.82) is 0 Å². The van der Waals surface area contributed by atoms with Crippen LogP contribution in [-0.2, 0) is 5.54 Å². The number of hydrogen-bond donors (Lipinski definition) is 1. The Hall–Kier alpha value is -2.50. The molecule has 0 unspecified atom stereocenters. The summed E-state index contributed by atoms with van der Waals surface area (Å²) in [5.41, 5.74) is 0.735. The molecule has 0 bridgehead atoms. The highest BCUT2D eigenvalue weighted by Crippen LogP contribution is 2.14. The number of nitrogens with one attached hydrogen (secondary N) is 1. The molecule has 0 aliphatic rings. The number of carbonyl (C=O) groups excluding carboxylic acids is 1. The molecule has 0 aromatic carbocycles. The number of carbonyl (C=O) groups is 1. The van der Waals surface area contributed by atoms with Gasteiger partial charge in [-0.2, -0.15) is 5.10 Å². The smallest absolute Gasteiger partial charge is 0.272 e. The maximum absolute atomic E-state index is 12.3. The number of pyridine rings is 1. The highest BCUT2D eigenvalue weighted by Gasteiger charge is 2.19.